The van der Waals surface area contributed by atoms with E-state index in [1.54, 1.807) is 0 Å². The third-order valence-corrected chi connectivity index (χ3v) is 3.36. The van der Waals surface area contributed by atoms with Crippen LogP contribution >= 0.6 is 0 Å². The Morgan fingerprint density at radius 1 is 1.00 bits per heavy atom. The first-order chi connectivity index (χ1) is 11.0. The third-order valence-electron chi connectivity index (χ3n) is 3.36. The molecule has 0 aromatic heterocycles. The number of hydrogen-bond acceptors (Lipinski definition) is 2. The van der Waals surface area contributed by atoms with Crippen molar-refractivity contribution in [2.24, 2.45) is 0 Å². The van der Waals surface area contributed by atoms with E-state index in [0.717, 1.165) is 32.6 Å². The normalized spacial score (nSPS) is 10.3. The number of benzene rings is 1. The molecule has 0 unspecified atom stereocenters. The Labute approximate surface area is 134 Å². The van der Waals surface area contributed by atoms with Crippen LogP contribution in [-0.2, 0) is 0 Å². The molecule has 124 valence electrons. The summed E-state index contributed by atoms with van der Waals surface area (Å²) < 4.78 is 54.7. The number of nitrogens with one attached hydrogen (secondary N) is 2. The maximum atomic E-state index is 13.8. The second-order valence-corrected chi connectivity index (χ2v) is 5.00. The zero-order chi connectivity index (χ0) is 17.4. The Hall–Kier alpha value is -1.66. The van der Waals surface area contributed by atoms with Gasteiger partial charge in [-0.1, -0.05) is 0 Å². The molecule has 0 atom stereocenters. The maximum absolute atomic E-state index is 13.8. The van der Waals surface area contributed by atoms with Crippen LogP contribution in [0.2, 0.25) is 6.32 Å². The fourth-order valence-electron chi connectivity index (χ4n) is 2.11. The van der Waals surface area contributed by atoms with Gasteiger partial charge >= 0.3 is 121 Å². The summed E-state index contributed by atoms with van der Waals surface area (Å²) in [7, 11) is 4.72. The van der Waals surface area contributed by atoms with E-state index in [-0.39, 0.29) is 6.54 Å². The van der Waals surface area contributed by atoms with Crippen LogP contribution in [0.5, 0.6) is 0 Å². The quantitative estimate of drug-likeness (QED) is 0.317. The molecule has 0 spiro atoms. The van der Waals surface area contributed by atoms with Crippen LogP contribution in [0.4, 0.5) is 23.2 Å². The number of rotatable bonds is 9. The molecule has 0 radical (unpaired) electrons. The average molecular weight is 328 g/mol. The molecule has 1 aromatic rings. The number of unbranched alkanes of at least 4 members (excludes halogenated alkanes) is 3. The summed E-state index contributed by atoms with van der Waals surface area (Å²) in [6.07, 6.45) is 4.23. The van der Waals surface area contributed by atoms with Gasteiger partial charge in [0.25, 0.3) is 0 Å². The average Bonchev–Trinajstić information content (AvgIpc) is 2.53. The SMILES string of the molecule is B=BCCCCCCNC(=O)c1c(F)c(F)c(NC)c(F)c1F. The molecule has 0 aliphatic heterocycles. The van der Waals surface area contributed by atoms with Crippen molar-refractivity contribution in [3.63, 3.8) is 0 Å². The molecule has 2 N–H and O–H groups in total. The minimum atomic E-state index is -1.71. The van der Waals surface area contributed by atoms with Gasteiger partial charge in [-0.3, -0.25) is 0 Å². The first-order valence-electron chi connectivity index (χ1n) is 7.38. The van der Waals surface area contributed by atoms with Gasteiger partial charge in [-0.2, -0.15) is 0 Å². The second kappa shape index (κ2) is 9.47. The molecule has 0 saturated carbocycles. The molecule has 1 aromatic carbocycles. The van der Waals surface area contributed by atoms with E-state index in [4.69, 9.17) is 0 Å². The molecule has 9 heteroatoms. The van der Waals surface area contributed by atoms with Crippen LogP contribution in [0.3, 0.4) is 0 Å². The van der Waals surface area contributed by atoms with Crippen molar-refractivity contribution in [3.8, 4) is 0 Å². The standard InChI is InChI=1S/C14H18B2F4N2O/c1-21-13-11(19)9(17)8(10(18)12(13)20)14(23)22-7-5-3-2-4-6-16-15/h15,21H,2-7H2,1H3,(H,22,23). The van der Waals surface area contributed by atoms with E-state index < -0.39 is 40.4 Å². The molecule has 3 nitrogen and oxygen atoms in total. The van der Waals surface area contributed by atoms with Crippen molar-refractivity contribution in [2.45, 2.75) is 32.0 Å². The summed E-state index contributed by atoms with van der Waals surface area (Å²) in [6.45, 7) is 1.98. The predicted molar refractivity (Wildman–Crippen MR) is 84.3 cm³/mol. The summed E-state index contributed by atoms with van der Waals surface area (Å²) in [6, 6.07) is 0. The molecule has 0 bridgehead atoms. The van der Waals surface area contributed by atoms with Crippen LogP contribution in [0.15, 0.2) is 0 Å². The molecule has 0 saturated heterocycles. The third kappa shape index (κ3) is 4.91. The van der Waals surface area contributed by atoms with Gasteiger partial charge in [0.05, 0.1) is 0 Å². The van der Waals surface area contributed by atoms with Crippen molar-refractivity contribution in [1.29, 1.82) is 0 Å². The van der Waals surface area contributed by atoms with Gasteiger partial charge in [0, 0.05) is 7.05 Å². The van der Waals surface area contributed by atoms with Gasteiger partial charge in [0.2, 0.25) is 0 Å². The summed E-state index contributed by atoms with van der Waals surface area (Å²) in [5, 5.41) is 4.29. The van der Waals surface area contributed by atoms with E-state index in [1.165, 1.54) is 0 Å². The van der Waals surface area contributed by atoms with Gasteiger partial charge in [0.15, 0.2) is 0 Å². The van der Waals surface area contributed by atoms with Crippen LogP contribution in [0, 0.1) is 23.3 Å². The fraction of sp³-hybridized carbons (Fsp3) is 0.500. The van der Waals surface area contributed by atoms with E-state index in [9.17, 15) is 22.4 Å². The van der Waals surface area contributed by atoms with E-state index >= 15 is 0 Å². The molecule has 1 rings (SSSR count). The molecule has 0 aliphatic carbocycles. The monoisotopic (exact) mass is 328 g/mol. The van der Waals surface area contributed by atoms with Crippen LogP contribution in [0.25, 0.3) is 0 Å². The number of carbonyl (C=O) groups excluding carboxylic acids is 1. The number of carbonyl (C=O) groups is 1. The summed E-state index contributed by atoms with van der Waals surface area (Å²) >= 11 is 0. The van der Waals surface area contributed by atoms with Gasteiger partial charge in [-0.25, -0.2) is 0 Å². The molecule has 23 heavy (non-hydrogen) atoms. The van der Waals surface area contributed by atoms with E-state index in [1.807, 2.05) is 12.1 Å². The molecule has 0 aliphatic rings. The number of amides is 1. The Bertz CT molecular complexity index is 555. The summed E-state index contributed by atoms with van der Waals surface area (Å²) in [5.41, 5.74) is -2.19. The zero-order valence-corrected chi connectivity index (χ0v) is 12.9. The van der Waals surface area contributed by atoms with E-state index in [0.29, 0.717) is 6.42 Å². The number of halogens is 4. The van der Waals surface area contributed by atoms with Crippen molar-refractivity contribution < 1.29 is 22.4 Å². The summed E-state index contributed by atoms with van der Waals surface area (Å²) in [4.78, 5) is 11.8. The molecular weight excluding hydrogens is 310 g/mol. The van der Waals surface area contributed by atoms with Gasteiger partial charge in [-0.15, -0.1) is 0 Å². The molecular formula is C14H18B2F4N2O. The van der Waals surface area contributed by atoms with E-state index in [2.05, 4.69) is 12.7 Å². The Morgan fingerprint density at radius 2 is 1.57 bits per heavy atom. The van der Waals surface area contributed by atoms with Gasteiger partial charge < -0.3 is 5.32 Å². The van der Waals surface area contributed by atoms with Crippen molar-refractivity contribution >= 4 is 25.8 Å². The van der Waals surface area contributed by atoms with Crippen molar-refractivity contribution in [2.75, 3.05) is 18.9 Å². The van der Waals surface area contributed by atoms with Crippen LogP contribution in [-0.4, -0.2) is 33.7 Å². The molecule has 0 fully saturated rings. The Kier molecular flexibility index (Phi) is 7.98. The Morgan fingerprint density at radius 3 is 2.09 bits per heavy atom. The molecule has 1 amide bonds. The molecule has 0 heterocycles. The van der Waals surface area contributed by atoms with Gasteiger partial charge in [0.1, 0.15) is 0 Å². The fourth-order valence-corrected chi connectivity index (χ4v) is 2.11. The second-order valence-electron chi connectivity index (χ2n) is 5.00. The number of anilines is 1. The van der Waals surface area contributed by atoms with Crippen LogP contribution < -0.4 is 10.6 Å². The topological polar surface area (TPSA) is 41.1 Å². The zero-order valence-electron chi connectivity index (χ0n) is 12.9. The Balaban J connectivity index is 2.68. The van der Waals surface area contributed by atoms with Crippen LogP contribution in [0.1, 0.15) is 36.0 Å². The first-order valence-corrected chi connectivity index (χ1v) is 7.38. The summed E-state index contributed by atoms with van der Waals surface area (Å²) in [5.74, 6) is -7.85. The minimum absolute atomic E-state index is 0.169. The van der Waals surface area contributed by atoms with Gasteiger partial charge in [-0.05, 0) is 0 Å². The first kappa shape index (κ1) is 19.4. The predicted octanol–water partition coefficient (Wildman–Crippen LogP) is 2.51. The van der Waals surface area contributed by atoms with Crippen molar-refractivity contribution in [1.82, 2.24) is 5.32 Å². The number of hydrogen-bond donors (Lipinski definition) is 2. The van der Waals surface area contributed by atoms with Crippen molar-refractivity contribution in [3.05, 3.63) is 28.8 Å².